The zero-order chi connectivity index (χ0) is 21.2. The summed E-state index contributed by atoms with van der Waals surface area (Å²) < 4.78 is 19.1. The fraction of sp³-hybridized carbons (Fsp3) is 0.958. The molecule has 0 spiro atoms. The summed E-state index contributed by atoms with van der Waals surface area (Å²) in [5.74, 6) is 0.396. The van der Waals surface area contributed by atoms with E-state index in [1.165, 1.54) is 24.4 Å². The predicted molar refractivity (Wildman–Crippen MR) is 127 cm³/mol. The van der Waals surface area contributed by atoms with Crippen LogP contribution in [-0.2, 0) is 14.2 Å². The molecule has 0 aromatic carbocycles. The molecule has 0 N–H and O–H groups in total. The van der Waals surface area contributed by atoms with Crippen LogP contribution in [0.5, 0.6) is 0 Å². The van der Waals surface area contributed by atoms with E-state index in [2.05, 4.69) is 25.7 Å². The van der Waals surface area contributed by atoms with Crippen LogP contribution >= 0.6 is 11.8 Å². The number of amidine groups is 1. The molecule has 30 heavy (non-hydrogen) atoms. The summed E-state index contributed by atoms with van der Waals surface area (Å²) in [5, 5.41) is 1.75. The van der Waals surface area contributed by atoms with E-state index in [9.17, 15) is 0 Å². The number of unbranched alkanes of at least 4 members (excludes halogenated alkanes) is 3. The monoisotopic (exact) mass is 440 g/mol. The van der Waals surface area contributed by atoms with Gasteiger partial charge in [0.05, 0.1) is 18.8 Å². The number of likely N-dealkylation sites (tertiary alicyclic amines) is 1. The molecular formula is C24H44N2O3S. The van der Waals surface area contributed by atoms with Gasteiger partial charge >= 0.3 is 0 Å². The van der Waals surface area contributed by atoms with E-state index in [4.69, 9.17) is 19.2 Å². The minimum absolute atomic E-state index is 0.0551. The molecule has 2 aliphatic heterocycles. The van der Waals surface area contributed by atoms with Gasteiger partial charge in [0.15, 0.2) is 5.17 Å². The lowest BCUT2D eigenvalue weighted by molar-refractivity contribution is -0.135. The van der Waals surface area contributed by atoms with Crippen molar-refractivity contribution in [3.05, 3.63) is 0 Å². The number of hydrogen-bond donors (Lipinski definition) is 0. The molecule has 2 fully saturated rings. The standard InChI is InChI=1S/C24H44N2O3S/c1-4-7-14-27-18-19-17-20-21(25-24(30-20)26-12-10-11-13-26)23(29-16-9-6-3)22(19)28-15-8-5-2/h19-23H,4-18H2,1-3H3/t19-,20+,21+,22-,23-/m1/s1. The van der Waals surface area contributed by atoms with Crippen molar-refractivity contribution in [3.8, 4) is 0 Å². The Hall–Kier alpha value is -0.300. The van der Waals surface area contributed by atoms with Crippen LogP contribution in [0.4, 0.5) is 0 Å². The van der Waals surface area contributed by atoms with Gasteiger partial charge in [-0.25, -0.2) is 0 Å². The van der Waals surface area contributed by atoms with Crippen molar-refractivity contribution in [1.82, 2.24) is 4.90 Å². The Bertz CT molecular complexity index is 513. The van der Waals surface area contributed by atoms with Gasteiger partial charge in [0.25, 0.3) is 0 Å². The van der Waals surface area contributed by atoms with Crippen LogP contribution < -0.4 is 0 Å². The molecule has 0 bridgehead atoms. The Kier molecular flexibility index (Phi) is 10.8. The van der Waals surface area contributed by atoms with Crippen molar-refractivity contribution in [2.75, 3.05) is 39.5 Å². The normalized spacial score (nSPS) is 31.2. The highest BCUT2D eigenvalue weighted by Crippen LogP contribution is 2.43. The van der Waals surface area contributed by atoms with Crippen molar-refractivity contribution in [2.24, 2.45) is 10.9 Å². The molecule has 0 aromatic heterocycles. The fourth-order valence-corrected chi connectivity index (χ4v) is 6.16. The third-order valence-corrected chi connectivity index (χ3v) is 7.87. The largest absolute Gasteiger partial charge is 0.381 e. The SMILES string of the molecule is CCCCOC[C@H]1C[C@@H]2SC(N3CCCC3)=N[C@@H]2[C@@H](OCCCC)[C@@H]1OCCCC. The molecule has 0 unspecified atom stereocenters. The lowest BCUT2D eigenvalue weighted by Gasteiger charge is -2.42. The zero-order valence-electron chi connectivity index (χ0n) is 19.5. The number of nitrogens with zero attached hydrogens (tertiary/aromatic N) is 2. The molecule has 6 heteroatoms. The number of rotatable bonds is 13. The van der Waals surface area contributed by atoms with E-state index in [0.29, 0.717) is 11.2 Å². The van der Waals surface area contributed by atoms with Crippen LogP contribution in [0.3, 0.4) is 0 Å². The van der Waals surface area contributed by atoms with Crippen molar-refractivity contribution in [3.63, 3.8) is 0 Å². The Balaban J connectivity index is 1.72. The average molecular weight is 441 g/mol. The van der Waals surface area contributed by atoms with Gasteiger partial charge in [0, 0.05) is 44.1 Å². The second kappa shape index (κ2) is 13.3. The quantitative estimate of drug-likeness (QED) is 0.372. The summed E-state index contributed by atoms with van der Waals surface area (Å²) >= 11 is 2.00. The molecule has 5 nitrogen and oxygen atoms in total. The number of thioether (sulfide) groups is 1. The van der Waals surface area contributed by atoms with Gasteiger partial charge in [-0.05, 0) is 38.5 Å². The Morgan fingerprint density at radius 1 is 0.900 bits per heavy atom. The van der Waals surface area contributed by atoms with E-state index in [-0.39, 0.29) is 18.2 Å². The zero-order valence-corrected chi connectivity index (χ0v) is 20.3. The average Bonchev–Trinajstić information content (AvgIpc) is 3.42. The molecule has 0 amide bonds. The van der Waals surface area contributed by atoms with Crippen LogP contribution in [0.1, 0.15) is 78.6 Å². The number of fused-ring (bicyclic) bond motifs is 1. The highest BCUT2D eigenvalue weighted by molar-refractivity contribution is 8.14. The summed E-state index contributed by atoms with van der Waals surface area (Å²) in [6.07, 6.45) is 10.7. The molecule has 174 valence electrons. The molecule has 1 saturated heterocycles. The lowest BCUT2D eigenvalue weighted by atomic mass is 9.81. The summed E-state index contributed by atoms with van der Waals surface area (Å²) in [5.41, 5.74) is 0. The third-order valence-electron chi connectivity index (χ3n) is 6.52. The molecule has 3 rings (SSSR count). The highest BCUT2D eigenvalue weighted by Gasteiger charge is 2.50. The molecule has 1 saturated carbocycles. The maximum atomic E-state index is 6.53. The lowest BCUT2D eigenvalue weighted by Crippen LogP contribution is -2.54. The van der Waals surface area contributed by atoms with Gasteiger partial charge in [0.1, 0.15) is 6.10 Å². The first-order chi connectivity index (χ1) is 14.8. The van der Waals surface area contributed by atoms with Gasteiger partial charge in [-0.2, -0.15) is 0 Å². The van der Waals surface area contributed by atoms with E-state index in [1.54, 1.807) is 0 Å². The van der Waals surface area contributed by atoms with Gasteiger partial charge in [-0.15, -0.1) is 0 Å². The van der Waals surface area contributed by atoms with Crippen molar-refractivity contribution in [2.45, 2.75) is 102 Å². The van der Waals surface area contributed by atoms with Crippen molar-refractivity contribution >= 4 is 16.9 Å². The summed E-state index contributed by atoms with van der Waals surface area (Å²) in [6, 6.07) is 0.223. The van der Waals surface area contributed by atoms with E-state index < -0.39 is 0 Å². The summed E-state index contributed by atoms with van der Waals surface area (Å²) in [7, 11) is 0. The van der Waals surface area contributed by atoms with Crippen LogP contribution in [0.2, 0.25) is 0 Å². The van der Waals surface area contributed by atoms with Gasteiger partial charge < -0.3 is 19.1 Å². The Morgan fingerprint density at radius 3 is 2.20 bits per heavy atom. The smallest absolute Gasteiger partial charge is 0.159 e. The number of aliphatic imine (C=N–C) groups is 1. The first-order valence-corrected chi connectivity index (χ1v) is 13.5. The highest BCUT2D eigenvalue weighted by atomic mass is 32.2. The topological polar surface area (TPSA) is 43.3 Å². The van der Waals surface area contributed by atoms with Gasteiger partial charge in [-0.1, -0.05) is 51.8 Å². The number of ether oxygens (including phenoxy) is 3. The minimum Gasteiger partial charge on any atom is -0.381 e. The number of hydrogen-bond acceptors (Lipinski definition) is 6. The van der Waals surface area contributed by atoms with E-state index in [1.807, 2.05) is 11.8 Å². The summed E-state index contributed by atoms with van der Waals surface area (Å²) in [6.45, 7) is 12.2. The molecule has 1 aliphatic carbocycles. The second-order valence-corrected chi connectivity index (χ2v) is 10.3. The maximum absolute atomic E-state index is 6.53. The molecule has 5 atom stereocenters. The van der Waals surface area contributed by atoms with Gasteiger partial charge in [0.2, 0.25) is 0 Å². The predicted octanol–water partition coefficient (Wildman–Crippen LogP) is 5.13. The first kappa shape index (κ1) is 24.3. The van der Waals surface area contributed by atoms with E-state index >= 15 is 0 Å². The van der Waals surface area contributed by atoms with Crippen LogP contribution in [0.15, 0.2) is 4.99 Å². The van der Waals surface area contributed by atoms with E-state index in [0.717, 1.165) is 78.0 Å². The van der Waals surface area contributed by atoms with Crippen molar-refractivity contribution in [1.29, 1.82) is 0 Å². The molecule has 0 aromatic rings. The van der Waals surface area contributed by atoms with Gasteiger partial charge in [-0.3, -0.25) is 4.99 Å². The molecule has 3 aliphatic rings. The molecule has 2 heterocycles. The Morgan fingerprint density at radius 2 is 1.53 bits per heavy atom. The third kappa shape index (κ3) is 6.60. The second-order valence-electron chi connectivity index (χ2n) is 9.05. The van der Waals surface area contributed by atoms with Crippen LogP contribution in [-0.4, -0.2) is 73.1 Å². The molecule has 0 radical (unpaired) electrons. The van der Waals surface area contributed by atoms with Crippen molar-refractivity contribution < 1.29 is 14.2 Å². The summed E-state index contributed by atoms with van der Waals surface area (Å²) in [4.78, 5) is 7.73. The van der Waals surface area contributed by atoms with Crippen LogP contribution in [0.25, 0.3) is 0 Å². The maximum Gasteiger partial charge on any atom is 0.159 e. The first-order valence-electron chi connectivity index (χ1n) is 12.6. The Labute approximate surface area is 188 Å². The van der Waals surface area contributed by atoms with Crippen LogP contribution in [0, 0.1) is 5.92 Å². The molecular weight excluding hydrogens is 396 g/mol. The fourth-order valence-electron chi connectivity index (χ4n) is 4.67. The minimum atomic E-state index is 0.0551.